The van der Waals surface area contributed by atoms with Gasteiger partial charge in [-0.25, -0.2) is 5.43 Å². The Morgan fingerprint density at radius 3 is 2.91 bits per heavy atom. The van der Waals surface area contributed by atoms with E-state index in [2.05, 4.69) is 10.9 Å². The van der Waals surface area contributed by atoms with Crippen LogP contribution in [0.3, 0.4) is 0 Å². The van der Waals surface area contributed by atoms with Gasteiger partial charge in [-0.2, -0.15) is 0 Å². The lowest BCUT2D eigenvalue weighted by molar-refractivity contribution is -0.129. The van der Waals surface area contributed by atoms with E-state index >= 15 is 0 Å². The minimum absolute atomic E-state index is 0.00176. The average molecular weight is 158 g/mol. The van der Waals surface area contributed by atoms with Crippen molar-refractivity contribution in [2.45, 2.75) is 32.5 Å². The average Bonchev–Trinajstić information content (AvgIpc) is 1.85. The molecule has 0 saturated carbocycles. The van der Waals surface area contributed by atoms with Crippen molar-refractivity contribution in [2.24, 2.45) is 0 Å². The van der Waals surface area contributed by atoms with E-state index in [1.165, 1.54) is 0 Å². The van der Waals surface area contributed by atoms with Gasteiger partial charge >= 0.3 is 0 Å². The van der Waals surface area contributed by atoms with Crippen LogP contribution in [-0.2, 0) is 9.53 Å². The molecule has 2 N–H and O–H groups in total. The third kappa shape index (κ3) is 2.86. The first-order chi connectivity index (χ1) is 5.18. The molecule has 0 aliphatic carbocycles. The maximum Gasteiger partial charge on any atom is 0.236 e. The van der Waals surface area contributed by atoms with Gasteiger partial charge in [0.05, 0.1) is 18.6 Å². The van der Waals surface area contributed by atoms with Gasteiger partial charge in [-0.05, 0) is 13.8 Å². The molecule has 0 radical (unpaired) electrons. The first-order valence-corrected chi connectivity index (χ1v) is 3.85. The van der Waals surface area contributed by atoms with Crippen molar-refractivity contribution in [1.29, 1.82) is 0 Å². The molecule has 1 heterocycles. The van der Waals surface area contributed by atoms with Crippen LogP contribution in [-0.4, -0.2) is 24.7 Å². The Balaban J connectivity index is 2.28. The summed E-state index contributed by atoms with van der Waals surface area (Å²) in [6.07, 6.45) is 0.682. The van der Waals surface area contributed by atoms with E-state index in [0.29, 0.717) is 13.0 Å². The summed E-state index contributed by atoms with van der Waals surface area (Å²) in [7, 11) is 0. The molecule has 1 aliphatic heterocycles. The molecule has 1 rings (SSSR count). The highest BCUT2D eigenvalue weighted by molar-refractivity contribution is 5.76. The summed E-state index contributed by atoms with van der Waals surface area (Å²) in [5.74, 6) is 0.00176. The molecule has 1 fully saturated rings. The lowest BCUT2D eigenvalue weighted by atomic mass is 10.2. The number of hydrogen-bond acceptors (Lipinski definition) is 3. The molecule has 0 bridgehead atoms. The van der Waals surface area contributed by atoms with Gasteiger partial charge in [0.25, 0.3) is 0 Å². The molecule has 1 unspecified atom stereocenters. The van der Waals surface area contributed by atoms with E-state index in [1.807, 2.05) is 13.8 Å². The van der Waals surface area contributed by atoms with Crippen molar-refractivity contribution in [1.82, 2.24) is 10.9 Å². The lowest BCUT2D eigenvalue weighted by Gasteiger charge is -2.24. The normalized spacial score (nSPS) is 25.4. The molecule has 1 amide bonds. The van der Waals surface area contributed by atoms with Crippen LogP contribution in [0.2, 0.25) is 0 Å². The lowest BCUT2D eigenvalue weighted by Crippen LogP contribution is -2.50. The molecular formula is C7H14N2O2. The number of hydrazine groups is 1. The summed E-state index contributed by atoms with van der Waals surface area (Å²) in [4.78, 5) is 10.8. The Morgan fingerprint density at radius 1 is 1.64 bits per heavy atom. The standard InChI is InChI=1S/C7H14N2O2/c1-5(2)11-6-3-7(10)9-8-4-6/h5-6,8H,3-4H2,1-2H3,(H,9,10). The molecular weight excluding hydrogens is 144 g/mol. The second-order valence-corrected chi connectivity index (χ2v) is 2.94. The summed E-state index contributed by atoms with van der Waals surface area (Å²) in [5, 5.41) is 0. The quantitative estimate of drug-likeness (QED) is 0.585. The van der Waals surface area contributed by atoms with E-state index < -0.39 is 0 Å². The van der Waals surface area contributed by atoms with Crippen LogP contribution >= 0.6 is 0 Å². The maximum atomic E-state index is 10.8. The molecule has 64 valence electrons. The number of hydrogen-bond donors (Lipinski definition) is 2. The van der Waals surface area contributed by atoms with Crippen molar-refractivity contribution in [3.05, 3.63) is 0 Å². The summed E-state index contributed by atoms with van der Waals surface area (Å²) >= 11 is 0. The fourth-order valence-electron chi connectivity index (χ4n) is 1.07. The second kappa shape index (κ2) is 3.69. The van der Waals surface area contributed by atoms with E-state index in [-0.39, 0.29) is 18.1 Å². The van der Waals surface area contributed by atoms with Crippen molar-refractivity contribution in [3.63, 3.8) is 0 Å². The molecule has 0 aromatic rings. The molecule has 0 spiro atoms. The zero-order valence-electron chi connectivity index (χ0n) is 6.89. The van der Waals surface area contributed by atoms with Gasteiger partial charge in [0.2, 0.25) is 5.91 Å². The number of nitrogens with one attached hydrogen (secondary N) is 2. The number of carbonyl (C=O) groups is 1. The molecule has 1 atom stereocenters. The number of carbonyl (C=O) groups excluding carboxylic acids is 1. The van der Waals surface area contributed by atoms with Gasteiger partial charge in [0.15, 0.2) is 0 Å². The number of rotatable bonds is 2. The topological polar surface area (TPSA) is 50.4 Å². The molecule has 11 heavy (non-hydrogen) atoms. The summed E-state index contributed by atoms with van der Waals surface area (Å²) in [5.41, 5.74) is 5.28. The minimum Gasteiger partial charge on any atom is -0.374 e. The van der Waals surface area contributed by atoms with Crippen molar-refractivity contribution in [2.75, 3.05) is 6.54 Å². The third-order valence-electron chi connectivity index (χ3n) is 1.44. The van der Waals surface area contributed by atoms with Gasteiger partial charge in [0.1, 0.15) is 0 Å². The van der Waals surface area contributed by atoms with Crippen molar-refractivity contribution >= 4 is 5.91 Å². The van der Waals surface area contributed by atoms with Crippen LogP contribution in [0, 0.1) is 0 Å². The summed E-state index contributed by atoms with van der Waals surface area (Å²) < 4.78 is 5.44. The molecule has 0 aromatic carbocycles. The zero-order chi connectivity index (χ0) is 8.27. The minimum atomic E-state index is 0.00176. The first kappa shape index (κ1) is 8.49. The van der Waals surface area contributed by atoms with Crippen LogP contribution in [0.4, 0.5) is 0 Å². The molecule has 4 heteroatoms. The molecule has 0 aromatic heterocycles. The van der Waals surface area contributed by atoms with E-state index in [1.54, 1.807) is 0 Å². The summed E-state index contributed by atoms with van der Waals surface area (Å²) in [6, 6.07) is 0. The van der Waals surface area contributed by atoms with Crippen LogP contribution in [0.25, 0.3) is 0 Å². The smallest absolute Gasteiger partial charge is 0.236 e. The van der Waals surface area contributed by atoms with Gasteiger partial charge in [-0.15, -0.1) is 0 Å². The predicted octanol–water partition coefficient (Wildman–Crippen LogP) is -0.196. The first-order valence-electron chi connectivity index (χ1n) is 3.85. The molecule has 1 saturated heterocycles. The maximum absolute atomic E-state index is 10.8. The van der Waals surface area contributed by atoms with Gasteiger partial charge < -0.3 is 4.74 Å². The summed E-state index contributed by atoms with van der Waals surface area (Å²) in [6.45, 7) is 4.63. The molecule has 4 nitrogen and oxygen atoms in total. The van der Waals surface area contributed by atoms with Crippen LogP contribution in [0.1, 0.15) is 20.3 Å². The monoisotopic (exact) mass is 158 g/mol. The van der Waals surface area contributed by atoms with Gasteiger partial charge in [0, 0.05) is 6.54 Å². The van der Waals surface area contributed by atoms with E-state index in [4.69, 9.17) is 4.74 Å². The van der Waals surface area contributed by atoms with Crippen LogP contribution in [0.5, 0.6) is 0 Å². The third-order valence-corrected chi connectivity index (χ3v) is 1.44. The fraction of sp³-hybridized carbons (Fsp3) is 0.857. The van der Waals surface area contributed by atoms with Crippen molar-refractivity contribution in [3.8, 4) is 0 Å². The highest BCUT2D eigenvalue weighted by atomic mass is 16.5. The Labute approximate surface area is 66.3 Å². The van der Waals surface area contributed by atoms with Crippen LogP contribution in [0.15, 0.2) is 0 Å². The number of amides is 1. The SMILES string of the molecule is CC(C)OC1CNNC(=O)C1. The Hall–Kier alpha value is -0.610. The van der Waals surface area contributed by atoms with Gasteiger partial charge in [-0.1, -0.05) is 0 Å². The van der Waals surface area contributed by atoms with Crippen LogP contribution < -0.4 is 10.9 Å². The predicted molar refractivity (Wildman–Crippen MR) is 40.8 cm³/mol. The van der Waals surface area contributed by atoms with Gasteiger partial charge in [-0.3, -0.25) is 10.2 Å². The molecule has 1 aliphatic rings. The highest BCUT2D eigenvalue weighted by Crippen LogP contribution is 2.03. The van der Waals surface area contributed by atoms with E-state index in [9.17, 15) is 4.79 Å². The largest absolute Gasteiger partial charge is 0.374 e. The van der Waals surface area contributed by atoms with Crippen molar-refractivity contribution < 1.29 is 9.53 Å². The number of ether oxygens (including phenoxy) is 1. The second-order valence-electron chi connectivity index (χ2n) is 2.94. The Kier molecular flexibility index (Phi) is 2.84. The fourth-order valence-corrected chi connectivity index (χ4v) is 1.07. The Bertz CT molecular complexity index is 147. The highest BCUT2D eigenvalue weighted by Gasteiger charge is 2.19. The van der Waals surface area contributed by atoms with E-state index in [0.717, 1.165) is 0 Å². The Morgan fingerprint density at radius 2 is 2.36 bits per heavy atom. The zero-order valence-corrected chi connectivity index (χ0v) is 6.89.